The number of halogens is 2. The SMILES string of the molecule is Cc1ccnc(-n2ncc(CNC(C)C)c2C(F)F)c1. The molecule has 0 radical (unpaired) electrons. The minimum Gasteiger partial charge on any atom is -0.310 e. The van der Waals surface area contributed by atoms with Gasteiger partial charge in [-0.2, -0.15) is 5.10 Å². The first-order valence-corrected chi connectivity index (χ1v) is 6.50. The number of nitrogens with zero attached hydrogens (tertiary/aromatic N) is 3. The van der Waals surface area contributed by atoms with E-state index in [9.17, 15) is 8.78 Å². The van der Waals surface area contributed by atoms with Crippen LogP contribution in [-0.4, -0.2) is 20.8 Å². The Morgan fingerprint density at radius 3 is 2.70 bits per heavy atom. The molecule has 2 rings (SSSR count). The van der Waals surface area contributed by atoms with Crippen molar-refractivity contribution in [3.63, 3.8) is 0 Å². The molecule has 0 aromatic carbocycles. The predicted octanol–water partition coefficient (Wildman–Crippen LogP) is 3.01. The van der Waals surface area contributed by atoms with Crippen molar-refractivity contribution in [2.75, 3.05) is 0 Å². The highest BCUT2D eigenvalue weighted by atomic mass is 19.3. The van der Waals surface area contributed by atoms with Crippen molar-refractivity contribution in [1.82, 2.24) is 20.1 Å². The molecule has 0 aliphatic heterocycles. The topological polar surface area (TPSA) is 42.7 Å². The van der Waals surface area contributed by atoms with Crippen LogP contribution in [-0.2, 0) is 6.54 Å². The molecule has 0 spiro atoms. The highest BCUT2D eigenvalue weighted by Gasteiger charge is 2.21. The van der Waals surface area contributed by atoms with Crippen LogP contribution in [0.15, 0.2) is 24.5 Å². The Hall–Kier alpha value is -1.82. The molecule has 0 bridgehead atoms. The molecule has 0 aliphatic carbocycles. The summed E-state index contributed by atoms with van der Waals surface area (Å²) in [5.74, 6) is 0.413. The lowest BCUT2D eigenvalue weighted by atomic mass is 10.2. The first-order valence-electron chi connectivity index (χ1n) is 6.50. The van der Waals surface area contributed by atoms with Gasteiger partial charge in [0.25, 0.3) is 6.43 Å². The van der Waals surface area contributed by atoms with Gasteiger partial charge in [-0.15, -0.1) is 0 Å². The van der Waals surface area contributed by atoms with Crippen molar-refractivity contribution < 1.29 is 8.78 Å². The van der Waals surface area contributed by atoms with Crippen molar-refractivity contribution >= 4 is 0 Å². The Balaban J connectivity index is 2.39. The van der Waals surface area contributed by atoms with Crippen LogP contribution >= 0.6 is 0 Å². The Kier molecular flexibility index (Phi) is 4.44. The van der Waals surface area contributed by atoms with Gasteiger partial charge in [-0.1, -0.05) is 13.8 Å². The molecule has 6 heteroatoms. The molecule has 20 heavy (non-hydrogen) atoms. The van der Waals surface area contributed by atoms with E-state index in [0.29, 0.717) is 17.9 Å². The van der Waals surface area contributed by atoms with Crippen LogP contribution in [0.5, 0.6) is 0 Å². The molecule has 1 N–H and O–H groups in total. The van der Waals surface area contributed by atoms with E-state index in [0.717, 1.165) is 5.56 Å². The van der Waals surface area contributed by atoms with Crippen LogP contribution in [0.25, 0.3) is 5.82 Å². The zero-order valence-corrected chi connectivity index (χ0v) is 11.8. The first kappa shape index (κ1) is 14.6. The number of nitrogens with one attached hydrogen (secondary N) is 1. The molecule has 0 saturated heterocycles. The summed E-state index contributed by atoms with van der Waals surface area (Å²) in [6.45, 7) is 6.18. The molecule has 2 aromatic heterocycles. The zero-order valence-electron chi connectivity index (χ0n) is 11.8. The predicted molar refractivity (Wildman–Crippen MR) is 73.0 cm³/mol. The van der Waals surface area contributed by atoms with Crippen LogP contribution in [0, 0.1) is 6.92 Å². The third-order valence-electron chi connectivity index (χ3n) is 2.91. The van der Waals surface area contributed by atoms with E-state index >= 15 is 0 Å². The average molecular weight is 280 g/mol. The van der Waals surface area contributed by atoms with E-state index < -0.39 is 6.43 Å². The largest absolute Gasteiger partial charge is 0.310 e. The summed E-state index contributed by atoms with van der Waals surface area (Å²) in [6, 6.07) is 3.77. The second-order valence-electron chi connectivity index (χ2n) is 4.99. The molecule has 2 aromatic rings. The number of rotatable bonds is 5. The minimum atomic E-state index is -2.59. The fraction of sp³-hybridized carbons (Fsp3) is 0.429. The number of pyridine rings is 1. The lowest BCUT2D eigenvalue weighted by Crippen LogP contribution is -2.22. The summed E-state index contributed by atoms with van der Waals surface area (Å²) in [6.07, 6.45) is 0.470. The number of aromatic nitrogens is 3. The lowest BCUT2D eigenvalue weighted by molar-refractivity contribution is 0.141. The fourth-order valence-corrected chi connectivity index (χ4v) is 1.89. The number of alkyl halides is 2. The average Bonchev–Trinajstić information content (AvgIpc) is 2.80. The molecule has 0 unspecified atom stereocenters. The van der Waals surface area contributed by atoms with E-state index in [1.807, 2.05) is 26.8 Å². The van der Waals surface area contributed by atoms with Gasteiger partial charge < -0.3 is 5.32 Å². The number of aryl methyl sites for hydroxylation is 1. The molecule has 0 fully saturated rings. The molecule has 0 atom stereocenters. The van der Waals surface area contributed by atoms with Gasteiger partial charge in [-0.3, -0.25) is 0 Å². The molecular formula is C14H18F2N4. The summed E-state index contributed by atoms with van der Waals surface area (Å²) in [7, 11) is 0. The maximum absolute atomic E-state index is 13.3. The monoisotopic (exact) mass is 280 g/mol. The van der Waals surface area contributed by atoms with Crippen molar-refractivity contribution in [3.8, 4) is 5.82 Å². The molecule has 2 heterocycles. The van der Waals surface area contributed by atoms with Gasteiger partial charge in [0.15, 0.2) is 5.82 Å². The van der Waals surface area contributed by atoms with E-state index in [1.165, 1.54) is 10.9 Å². The minimum absolute atomic E-state index is 0.101. The highest BCUT2D eigenvalue weighted by molar-refractivity contribution is 5.32. The third-order valence-corrected chi connectivity index (χ3v) is 2.91. The maximum Gasteiger partial charge on any atom is 0.280 e. The quantitative estimate of drug-likeness (QED) is 0.915. The molecule has 0 aliphatic rings. The second kappa shape index (κ2) is 6.09. The Bertz CT molecular complexity index is 578. The van der Waals surface area contributed by atoms with Gasteiger partial charge >= 0.3 is 0 Å². The van der Waals surface area contributed by atoms with Crippen molar-refractivity contribution in [1.29, 1.82) is 0 Å². The smallest absolute Gasteiger partial charge is 0.280 e. The Labute approximate surface area is 116 Å². The van der Waals surface area contributed by atoms with Gasteiger partial charge in [0.05, 0.1) is 6.20 Å². The van der Waals surface area contributed by atoms with E-state index in [2.05, 4.69) is 15.4 Å². The van der Waals surface area contributed by atoms with E-state index in [-0.39, 0.29) is 11.7 Å². The second-order valence-corrected chi connectivity index (χ2v) is 4.99. The summed E-state index contributed by atoms with van der Waals surface area (Å²) < 4.78 is 27.8. The van der Waals surface area contributed by atoms with Crippen LogP contribution < -0.4 is 5.32 Å². The first-order chi connectivity index (χ1) is 9.49. The van der Waals surface area contributed by atoms with Crippen LogP contribution in [0.4, 0.5) is 8.78 Å². The summed E-state index contributed by atoms with van der Waals surface area (Å²) in [5, 5.41) is 7.19. The molecule has 0 saturated carbocycles. The highest BCUT2D eigenvalue weighted by Crippen LogP contribution is 2.25. The van der Waals surface area contributed by atoms with Crippen molar-refractivity contribution in [2.45, 2.75) is 39.8 Å². The molecular weight excluding hydrogens is 262 g/mol. The van der Waals surface area contributed by atoms with Crippen LogP contribution in [0.1, 0.15) is 37.1 Å². The van der Waals surface area contributed by atoms with E-state index in [1.54, 1.807) is 12.3 Å². The third kappa shape index (κ3) is 3.19. The Morgan fingerprint density at radius 2 is 2.10 bits per heavy atom. The summed E-state index contributed by atoms with van der Waals surface area (Å²) in [5.41, 5.74) is 1.35. The fourth-order valence-electron chi connectivity index (χ4n) is 1.89. The molecule has 108 valence electrons. The van der Waals surface area contributed by atoms with E-state index in [4.69, 9.17) is 0 Å². The van der Waals surface area contributed by atoms with Crippen LogP contribution in [0.2, 0.25) is 0 Å². The normalized spacial score (nSPS) is 11.6. The van der Waals surface area contributed by atoms with Gasteiger partial charge in [0, 0.05) is 24.3 Å². The van der Waals surface area contributed by atoms with Gasteiger partial charge in [-0.25, -0.2) is 18.4 Å². The number of hydrogen-bond acceptors (Lipinski definition) is 3. The summed E-state index contributed by atoms with van der Waals surface area (Å²) in [4.78, 5) is 4.11. The van der Waals surface area contributed by atoms with Gasteiger partial charge in [0.1, 0.15) is 5.69 Å². The summed E-state index contributed by atoms with van der Waals surface area (Å²) >= 11 is 0. The van der Waals surface area contributed by atoms with Crippen molar-refractivity contribution in [2.24, 2.45) is 0 Å². The van der Waals surface area contributed by atoms with Crippen molar-refractivity contribution in [3.05, 3.63) is 41.3 Å². The number of hydrogen-bond donors (Lipinski definition) is 1. The van der Waals surface area contributed by atoms with Crippen LogP contribution in [0.3, 0.4) is 0 Å². The maximum atomic E-state index is 13.3. The lowest BCUT2D eigenvalue weighted by Gasteiger charge is -2.10. The van der Waals surface area contributed by atoms with Gasteiger partial charge in [0.2, 0.25) is 0 Å². The Morgan fingerprint density at radius 1 is 1.35 bits per heavy atom. The molecule has 4 nitrogen and oxygen atoms in total. The standard InChI is InChI=1S/C14H18F2N4/c1-9(2)18-7-11-8-19-20(13(11)14(15)16)12-6-10(3)4-5-17-12/h4-6,8-9,14,18H,7H2,1-3H3. The van der Waals surface area contributed by atoms with Gasteiger partial charge in [-0.05, 0) is 24.6 Å². The molecule has 0 amide bonds. The zero-order chi connectivity index (χ0) is 14.7.